The molecule has 3 rings (SSSR count). The van der Waals surface area contributed by atoms with E-state index in [1.807, 2.05) is 0 Å². The van der Waals surface area contributed by atoms with Gasteiger partial charge in [-0.3, -0.25) is 4.79 Å². The van der Waals surface area contributed by atoms with Crippen LogP contribution in [0.15, 0.2) is 34.8 Å². The second-order valence-corrected chi connectivity index (χ2v) is 7.12. The molecule has 1 aliphatic heterocycles. The number of hydrogen-bond acceptors (Lipinski definition) is 5. The number of hydrogen-bond donors (Lipinski definition) is 1. The first-order chi connectivity index (χ1) is 12.6. The van der Waals surface area contributed by atoms with E-state index >= 15 is 0 Å². The van der Waals surface area contributed by atoms with Gasteiger partial charge >= 0.3 is 12.1 Å². The van der Waals surface area contributed by atoms with Crippen molar-refractivity contribution in [2.75, 3.05) is 11.9 Å². The van der Waals surface area contributed by atoms with Gasteiger partial charge in [0.15, 0.2) is 24.1 Å². The second-order valence-electron chi connectivity index (χ2n) is 6.20. The minimum atomic E-state index is -4.49. The average Bonchev–Trinajstić information content (AvgIpc) is 3.02. The van der Waals surface area contributed by atoms with Gasteiger partial charge < -0.3 is 10.1 Å². The Labute approximate surface area is 160 Å². The van der Waals surface area contributed by atoms with E-state index in [1.54, 1.807) is 31.2 Å². The van der Waals surface area contributed by atoms with Crippen LogP contribution in [0.3, 0.4) is 0 Å². The first-order valence-corrected chi connectivity index (χ1v) is 8.83. The number of carbonyl (C=O) groups is 2. The van der Waals surface area contributed by atoms with Crippen LogP contribution in [0.25, 0.3) is 0 Å². The number of rotatable bonds is 4. The van der Waals surface area contributed by atoms with Crippen molar-refractivity contribution in [2.45, 2.75) is 31.6 Å². The standard InChI is InChI=1S/C17H15BrF3N3O3/c1-9-6-14(17(19,20)21)24-15(22-9)7-12(23-24)16(26)27-8-13(25)10-2-4-11(18)5-3-10/h2-5,7,9,14,22H,6,8H2,1H3/t9-,14+/m1/s1. The summed E-state index contributed by atoms with van der Waals surface area (Å²) in [4.78, 5) is 24.2. The number of halogens is 4. The van der Waals surface area contributed by atoms with Crippen LogP contribution < -0.4 is 5.32 Å². The molecule has 1 aromatic heterocycles. The summed E-state index contributed by atoms with van der Waals surface area (Å²) in [7, 11) is 0. The lowest BCUT2D eigenvalue weighted by atomic mass is 10.1. The van der Waals surface area contributed by atoms with E-state index in [1.165, 1.54) is 6.07 Å². The largest absolute Gasteiger partial charge is 0.453 e. The summed E-state index contributed by atoms with van der Waals surface area (Å²) in [5.41, 5.74) is 0.0622. The average molecular weight is 446 g/mol. The van der Waals surface area contributed by atoms with E-state index in [0.29, 0.717) is 5.56 Å². The van der Waals surface area contributed by atoms with Crippen molar-refractivity contribution in [3.8, 4) is 0 Å². The topological polar surface area (TPSA) is 73.2 Å². The smallest absolute Gasteiger partial charge is 0.410 e. The number of ketones is 1. The van der Waals surface area contributed by atoms with E-state index in [-0.39, 0.29) is 17.9 Å². The molecule has 144 valence electrons. The third-order valence-electron chi connectivity index (χ3n) is 4.09. The Balaban J connectivity index is 1.71. The number of esters is 1. The van der Waals surface area contributed by atoms with Gasteiger partial charge in [-0.05, 0) is 25.5 Å². The van der Waals surface area contributed by atoms with E-state index in [4.69, 9.17) is 4.74 Å². The highest BCUT2D eigenvalue weighted by Crippen LogP contribution is 2.39. The number of ether oxygens (including phenoxy) is 1. The molecule has 0 amide bonds. The zero-order valence-electron chi connectivity index (χ0n) is 14.1. The Morgan fingerprint density at radius 2 is 2.00 bits per heavy atom. The first-order valence-electron chi connectivity index (χ1n) is 8.04. The lowest BCUT2D eigenvalue weighted by Crippen LogP contribution is -2.37. The molecule has 0 fully saturated rings. The quantitative estimate of drug-likeness (QED) is 0.568. The minimum absolute atomic E-state index is 0.0854. The number of anilines is 1. The lowest BCUT2D eigenvalue weighted by molar-refractivity contribution is -0.173. The number of carbonyl (C=O) groups excluding carboxylic acids is 2. The van der Waals surface area contributed by atoms with Crippen molar-refractivity contribution in [3.05, 3.63) is 46.1 Å². The van der Waals surface area contributed by atoms with E-state index in [2.05, 4.69) is 26.3 Å². The molecule has 0 bridgehead atoms. The predicted molar refractivity (Wildman–Crippen MR) is 93.8 cm³/mol. The Morgan fingerprint density at radius 3 is 2.63 bits per heavy atom. The number of aromatic nitrogens is 2. The molecule has 0 spiro atoms. The Kier molecular flexibility index (Phi) is 5.27. The minimum Gasteiger partial charge on any atom is -0.453 e. The molecule has 0 radical (unpaired) electrons. The molecule has 27 heavy (non-hydrogen) atoms. The molecule has 0 saturated heterocycles. The third-order valence-corrected chi connectivity index (χ3v) is 4.62. The van der Waals surface area contributed by atoms with Gasteiger partial charge in [-0.25, -0.2) is 9.48 Å². The summed E-state index contributed by atoms with van der Waals surface area (Å²) in [5.74, 6) is -1.31. The molecule has 1 N–H and O–H groups in total. The maximum atomic E-state index is 13.2. The van der Waals surface area contributed by atoms with Gasteiger partial charge in [-0.1, -0.05) is 28.1 Å². The molecule has 10 heteroatoms. The highest BCUT2D eigenvalue weighted by Gasteiger charge is 2.45. The van der Waals surface area contributed by atoms with Crippen molar-refractivity contribution in [1.82, 2.24) is 9.78 Å². The van der Waals surface area contributed by atoms with Gasteiger partial charge in [0.05, 0.1) is 0 Å². The molecule has 0 aliphatic carbocycles. The van der Waals surface area contributed by atoms with Crippen molar-refractivity contribution >= 4 is 33.5 Å². The van der Waals surface area contributed by atoms with Crippen LogP contribution >= 0.6 is 15.9 Å². The van der Waals surface area contributed by atoms with Gasteiger partial charge in [0, 0.05) is 22.1 Å². The molecule has 2 aromatic rings. The Hall–Kier alpha value is -2.36. The zero-order chi connectivity index (χ0) is 19.8. The molecule has 6 nitrogen and oxygen atoms in total. The van der Waals surface area contributed by atoms with Crippen LogP contribution in [0, 0.1) is 0 Å². The summed E-state index contributed by atoms with van der Waals surface area (Å²) in [6.45, 7) is 1.08. The van der Waals surface area contributed by atoms with Gasteiger partial charge in [0.25, 0.3) is 0 Å². The lowest BCUT2D eigenvalue weighted by Gasteiger charge is -2.31. The fraction of sp³-hybridized carbons (Fsp3) is 0.353. The van der Waals surface area contributed by atoms with Crippen molar-refractivity contribution < 1.29 is 27.5 Å². The molecule has 0 unspecified atom stereocenters. The predicted octanol–water partition coefficient (Wildman–Crippen LogP) is 3.99. The SMILES string of the molecule is C[C@@H]1C[C@@H](C(F)(F)F)n2nc(C(=O)OCC(=O)c3ccc(Br)cc3)cc2N1. The van der Waals surface area contributed by atoms with Crippen molar-refractivity contribution in [3.63, 3.8) is 0 Å². The summed E-state index contributed by atoms with van der Waals surface area (Å²) in [6.07, 6.45) is -4.69. The number of nitrogens with one attached hydrogen (secondary N) is 1. The Bertz CT molecular complexity index is 865. The van der Waals surface area contributed by atoms with E-state index < -0.39 is 36.6 Å². The number of benzene rings is 1. The van der Waals surface area contributed by atoms with Gasteiger partial charge in [-0.15, -0.1) is 0 Å². The summed E-state index contributed by atoms with van der Waals surface area (Å²) in [6, 6.07) is 5.41. The molecule has 2 atom stereocenters. The normalized spacial score (nSPS) is 19.1. The number of Topliss-reactive ketones (excluding diaryl/α,β-unsaturated/α-hetero) is 1. The summed E-state index contributed by atoms with van der Waals surface area (Å²) < 4.78 is 46.1. The fourth-order valence-corrected chi connectivity index (χ4v) is 3.05. The molecule has 2 heterocycles. The second kappa shape index (κ2) is 7.34. The van der Waals surface area contributed by atoms with Gasteiger partial charge in [-0.2, -0.15) is 18.3 Å². The Morgan fingerprint density at radius 1 is 1.33 bits per heavy atom. The highest BCUT2D eigenvalue weighted by molar-refractivity contribution is 9.10. The third kappa shape index (κ3) is 4.32. The van der Waals surface area contributed by atoms with Crippen LogP contribution in [0.2, 0.25) is 0 Å². The number of nitrogens with zero attached hydrogens (tertiary/aromatic N) is 2. The number of fused-ring (bicyclic) bond motifs is 1. The van der Waals surface area contributed by atoms with Crippen LogP contribution in [0.1, 0.15) is 40.2 Å². The van der Waals surface area contributed by atoms with E-state index in [0.717, 1.165) is 9.15 Å². The van der Waals surface area contributed by atoms with Crippen LogP contribution in [-0.2, 0) is 4.74 Å². The molecule has 1 aliphatic rings. The van der Waals surface area contributed by atoms with Crippen molar-refractivity contribution in [1.29, 1.82) is 0 Å². The molecular weight excluding hydrogens is 431 g/mol. The molecular formula is C17H15BrF3N3O3. The maximum Gasteiger partial charge on any atom is 0.410 e. The monoisotopic (exact) mass is 445 g/mol. The van der Waals surface area contributed by atoms with Crippen LogP contribution in [0.4, 0.5) is 19.0 Å². The van der Waals surface area contributed by atoms with E-state index in [9.17, 15) is 22.8 Å². The van der Waals surface area contributed by atoms with Gasteiger partial charge in [0.1, 0.15) is 5.82 Å². The zero-order valence-corrected chi connectivity index (χ0v) is 15.7. The van der Waals surface area contributed by atoms with Gasteiger partial charge in [0.2, 0.25) is 0 Å². The fourth-order valence-electron chi connectivity index (χ4n) is 2.78. The number of alkyl halides is 3. The first kappa shape index (κ1) is 19.4. The highest BCUT2D eigenvalue weighted by atomic mass is 79.9. The maximum absolute atomic E-state index is 13.2. The summed E-state index contributed by atoms with van der Waals surface area (Å²) >= 11 is 3.24. The summed E-state index contributed by atoms with van der Waals surface area (Å²) in [5, 5.41) is 6.59. The van der Waals surface area contributed by atoms with Crippen molar-refractivity contribution in [2.24, 2.45) is 0 Å². The van der Waals surface area contributed by atoms with Crippen LogP contribution in [0.5, 0.6) is 0 Å². The molecule has 0 saturated carbocycles. The molecule has 1 aromatic carbocycles. The van der Waals surface area contributed by atoms with Crippen LogP contribution in [-0.4, -0.2) is 40.4 Å².